The van der Waals surface area contributed by atoms with Gasteiger partial charge in [-0.2, -0.15) is 0 Å². The van der Waals surface area contributed by atoms with Gasteiger partial charge in [-0.1, -0.05) is 63.4 Å². The van der Waals surface area contributed by atoms with Crippen molar-refractivity contribution in [1.82, 2.24) is 0 Å². The Morgan fingerprint density at radius 1 is 0.848 bits per heavy atom. The van der Waals surface area contributed by atoms with E-state index in [0.29, 0.717) is 18.3 Å². The van der Waals surface area contributed by atoms with Crippen molar-refractivity contribution in [3.63, 3.8) is 0 Å². The maximum atomic E-state index is 14.6. The molecule has 0 N–H and O–H groups in total. The minimum absolute atomic E-state index is 0.125. The summed E-state index contributed by atoms with van der Waals surface area (Å²) in [6.07, 6.45) is 10.2. The molecule has 3 heteroatoms. The third kappa shape index (κ3) is 6.58. The van der Waals surface area contributed by atoms with Gasteiger partial charge in [0.15, 0.2) is 11.6 Å². The van der Waals surface area contributed by atoms with Crippen LogP contribution in [0.5, 0.6) is 5.75 Å². The van der Waals surface area contributed by atoms with E-state index < -0.39 is 6.17 Å². The Kier molecular flexibility index (Phi) is 8.44. The summed E-state index contributed by atoms with van der Waals surface area (Å²) in [4.78, 5) is 0. The van der Waals surface area contributed by atoms with E-state index >= 15 is 0 Å². The first-order chi connectivity index (χ1) is 16.0. The van der Waals surface area contributed by atoms with Crippen molar-refractivity contribution in [3.05, 3.63) is 65.0 Å². The normalized spacial score (nSPS) is 26.7. The Labute approximate surface area is 198 Å². The van der Waals surface area contributed by atoms with E-state index in [1.54, 1.807) is 12.1 Å². The molecule has 2 saturated carbocycles. The first-order valence-corrected chi connectivity index (χ1v) is 13.2. The minimum Gasteiger partial charge on any atom is -0.487 e. The zero-order valence-corrected chi connectivity index (χ0v) is 20.4. The fraction of sp³-hybridized carbons (Fsp3) is 0.600. The Morgan fingerprint density at radius 3 is 2.09 bits per heavy atom. The maximum absolute atomic E-state index is 14.6. The number of alkyl halides is 1. The van der Waals surface area contributed by atoms with Gasteiger partial charge in [-0.3, -0.25) is 0 Å². The summed E-state index contributed by atoms with van der Waals surface area (Å²) in [6.45, 7) is 4.46. The average molecular weight is 455 g/mol. The van der Waals surface area contributed by atoms with Crippen LogP contribution in [0.2, 0.25) is 0 Å². The summed E-state index contributed by atoms with van der Waals surface area (Å²) >= 11 is 0. The molecule has 0 saturated heterocycles. The second kappa shape index (κ2) is 11.5. The maximum Gasteiger partial charge on any atom is 0.165 e. The highest BCUT2D eigenvalue weighted by atomic mass is 19.1. The molecular formula is C30H40F2O. The van der Waals surface area contributed by atoms with E-state index in [-0.39, 0.29) is 18.2 Å². The molecular weight excluding hydrogens is 414 g/mol. The molecule has 2 aromatic carbocycles. The quantitative estimate of drug-likeness (QED) is 0.387. The summed E-state index contributed by atoms with van der Waals surface area (Å²) < 4.78 is 34.7. The smallest absolute Gasteiger partial charge is 0.165 e. The minimum atomic E-state index is -1.16. The highest BCUT2D eigenvalue weighted by Gasteiger charge is 2.23. The van der Waals surface area contributed by atoms with Crippen LogP contribution in [-0.2, 0) is 6.42 Å². The van der Waals surface area contributed by atoms with E-state index in [0.717, 1.165) is 35.8 Å². The second-order valence-corrected chi connectivity index (χ2v) is 10.6. The summed E-state index contributed by atoms with van der Waals surface area (Å²) in [7, 11) is 0. The molecule has 0 spiro atoms. The summed E-state index contributed by atoms with van der Waals surface area (Å²) in [6, 6.07) is 13.7. The van der Waals surface area contributed by atoms with Gasteiger partial charge in [0, 0.05) is 6.42 Å². The molecule has 0 radical (unpaired) electrons. The van der Waals surface area contributed by atoms with Crippen molar-refractivity contribution >= 4 is 0 Å². The van der Waals surface area contributed by atoms with Crippen LogP contribution in [-0.4, -0.2) is 12.8 Å². The highest BCUT2D eigenvalue weighted by molar-refractivity contribution is 5.32. The molecule has 0 aromatic heterocycles. The number of ether oxygens (including phenoxy) is 1. The molecule has 0 heterocycles. The van der Waals surface area contributed by atoms with Crippen molar-refractivity contribution in [2.75, 3.05) is 6.61 Å². The van der Waals surface area contributed by atoms with Crippen LogP contribution >= 0.6 is 0 Å². The molecule has 180 valence electrons. The third-order valence-electron chi connectivity index (χ3n) is 8.20. The van der Waals surface area contributed by atoms with Gasteiger partial charge in [-0.25, -0.2) is 8.78 Å². The third-order valence-corrected chi connectivity index (χ3v) is 8.20. The predicted molar refractivity (Wildman–Crippen MR) is 132 cm³/mol. The van der Waals surface area contributed by atoms with Crippen molar-refractivity contribution in [1.29, 1.82) is 0 Å². The van der Waals surface area contributed by atoms with Gasteiger partial charge in [-0.05, 0) is 91.0 Å². The fourth-order valence-electron chi connectivity index (χ4n) is 5.81. The molecule has 2 fully saturated rings. The number of hydrogen-bond donors (Lipinski definition) is 0. The standard InChI is InChI=1S/C30H40F2O/c1-3-22-6-12-26(13-7-22)27-16-17-30(29(32)19-27)33-20-28(31)18-23-8-14-25(15-9-23)24-10-4-21(2)5-11-24/h8-9,14-17,19,21-22,24,26,28H,3-7,10-13,18,20H2,1-2H3. The Hall–Kier alpha value is -1.90. The van der Waals surface area contributed by atoms with Crippen LogP contribution in [0, 0.1) is 17.7 Å². The molecule has 0 aliphatic heterocycles. The molecule has 0 amide bonds. The summed E-state index contributed by atoms with van der Waals surface area (Å²) in [5.41, 5.74) is 3.40. The molecule has 1 unspecified atom stereocenters. The van der Waals surface area contributed by atoms with Crippen molar-refractivity contribution < 1.29 is 13.5 Å². The zero-order chi connectivity index (χ0) is 23.2. The Balaban J connectivity index is 1.25. The van der Waals surface area contributed by atoms with Gasteiger partial charge in [0.1, 0.15) is 12.8 Å². The largest absolute Gasteiger partial charge is 0.487 e. The van der Waals surface area contributed by atoms with Crippen LogP contribution < -0.4 is 4.74 Å². The van der Waals surface area contributed by atoms with E-state index in [1.807, 2.05) is 18.2 Å². The van der Waals surface area contributed by atoms with Gasteiger partial charge in [-0.15, -0.1) is 0 Å². The van der Waals surface area contributed by atoms with Crippen molar-refractivity contribution in [2.24, 2.45) is 11.8 Å². The first kappa shape index (κ1) is 24.2. The van der Waals surface area contributed by atoms with Gasteiger partial charge in [0.05, 0.1) is 0 Å². The Morgan fingerprint density at radius 2 is 1.45 bits per heavy atom. The first-order valence-electron chi connectivity index (χ1n) is 13.2. The summed E-state index contributed by atoms with van der Waals surface area (Å²) in [5.74, 6) is 2.53. The molecule has 4 rings (SSSR count). The molecule has 1 nitrogen and oxygen atoms in total. The zero-order valence-electron chi connectivity index (χ0n) is 20.4. The molecule has 0 bridgehead atoms. The summed E-state index contributed by atoms with van der Waals surface area (Å²) in [5, 5.41) is 0. The van der Waals surface area contributed by atoms with Crippen molar-refractivity contribution in [2.45, 2.75) is 96.1 Å². The van der Waals surface area contributed by atoms with E-state index in [2.05, 4.69) is 26.0 Å². The molecule has 1 atom stereocenters. The monoisotopic (exact) mass is 454 g/mol. The fourth-order valence-corrected chi connectivity index (χ4v) is 5.81. The lowest BCUT2D eigenvalue weighted by molar-refractivity contribution is 0.189. The van der Waals surface area contributed by atoms with E-state index in [9.17, 15) is 8.78 Å². The van der Waals surface area contributed by atoms with E-state index in [1.165, 1.54) is 50.5 Å². The number of rotatable bonds is 8. The number of halogens is 2. The topological polar surface area (TPSA) is 9.23 Å². The van der Waals surface area contributed by atoms with Crippen LogP contribution in [0.15, 0.2) is 42.5 Å². The predicted octanol–water partition coefficient (Wildman–Crippen LogP) is 8.76. The van der Waals surface area contributed by atoms with Crippen LogP contribution in [0.1, 0.15) is 100 Å². The average Bonchev–Trinajstić information content (AvgIpc) is 2.84. The van der Waals surface area contributed by atoms with Crippen LogP contribution in [0.3, 0.4) is 0 Å². The van der Waals surface area contributed by atoms with E-state index in [4.69, 9.17) is 4.74 Å². The van der Waals surface area contributed by atoms with Gasteiger partial charge in [0.25, 0.3) is 0 Å². The van der Waals surface area contributed by atoms with Crippen molar-refractivity contribution in [3.8, 4) is 5.75 Å². The van der Waals surface area contributed by atoms with Crippen LogP contribution in [0.4, 0.5) is 8.78 Å². The number of hydrogen-bond acceptors (Lipinski definition) is 1. The molecule has 2 aliphatic carbocycles. The van der Waals surface area contributed by atoms with Gasteiger partial charge in [0.2, 0.25) is 0 Å². The van der Waals surface area contributed by atoms with Gasteiger partial charge >= 0.3 is 0 Å². The highest BCUT2D eigenvalue weighted by Crippen LogP contribution is 2.38. The lowest BCUT2D eigenvalue weighted by atomic mass is 9.78. The molecule has 2 aromatic rings. The number of benzene rings is 2. The Bertz CT molecular complexity index is 861. The van der Waals surface area contributed by atoms with Gasteiger partial charge < -0.3 is 4.74 Å². The van der Waals surface area contributed by atoms with Crippen LogP contribution in [0.25, 0.3) is 0 Å². The lowest BCUT2D eigenvalue weighted by Crippen LogP contribution is -2.17. The lowest BCUT2D eigenvalue weighted by Gasteiger charge is -2.28. The molecule has 2 aliphatic rings. The molecule has 33 heavy (non-hydrogen) atoms. The SMILES string of the molecule is CCC1CCC(c2ccc(OCC(F)Cc3ccc(C4CCC(C)CC4)cc3)c(F)c2)CC1. The second-order valence-electron chi connectivity index (χ2n) is 10.6.